The summed E-state index contributed by atoms with van der Waals surface area (Å²) in [5, 5.41) is 2.65. The molecule has 3 unspecified atom stereocenters. The lowest BCUT2D eigenvalue weighted by atomic mass is 10.0. The molecule has 96 valence electrons. The molecule has 1 saturated heterocycles. The van der Waals surface area contributed by atoms with Crippen LogP contribution in [-0.4, -0.2) is 48.6 Å². The van der Waals surface area contributed by atoms with Crippen molar-refractivity contribution in [2.24, 2.45) is 0 Å². The van der Waals surface area contributed by atoms with Gasteiger partial charge in [-0.3, -0.25) is 9.59 Å². The van der Waals surface area contributed by atoms with Crippen LogP contribution in [0.5, 0.6) is 0 Å². The van der Waals surface area contributed by atoms with E-state index >= 15 is 0 Å². The number of carbonyl (C=O) groups is 2. The first-order valence-electron chi connectivity index (χ1n) is 6.29. The molecule has 3 atom stereocenters. The van der Waals surface area contributed by atoms with Gasteiger partial charge in [0.2, 0.25) is 11.8 Å². The van der Waals surface area contributed by atoms with Crippen molar-refractivity contribution in [2.45, 2.75) is 50.8 Å². The van der Waals surface area contributed by atoms with E-state index in [1.54, 1.807) is 12.0 Å². The zero-order chi connectivity index (χ0) is 12.4. The van der Waals surface area contributed by atoms with Crippen molar-refractivity contribution in [3.05, 3.63) is 0 Å². The van der Waals surface area contributed by atoms with Crippen LogP contribution in [0.3, 0.4) is 0 Å². The monoisotopic (exact) mass is 240 g/mol. The van der Waals surface area contributed by atoms with Crippen molar-refractivity contribution in [3.63, 3.8) is 0 Å². The SMILES string of the molecule is CCC1C(=O)NCC(=O)N1C1CCC(OC)C1. The molecule has 0 radical (unpaired) electrons. The second kappa shape index (κ2) is 5.04. The summed E-state index contributed by atoms with van der Waals surface area (Å²) in [6.45, 7) is 2.09. The van der Waals surface area contributed by atoms with Crippen molar-refractivity contribution in [3.8, 4) is 0 Å². The summed E-state index contributed by atoms with van der Waals surface area (Å²) >= 11 is 0. The smallest absolute Gasteiger partial charge is 0.243 e. The maximum Gasteiger partial charge on any atom is 0.243 e. The van der Waals surface area contributed by atoms with Crippen molar-refractivity contribution in [1.82, 2.24) is 10.2 Å². The Labute approximate surface area is 101 Å². The van der Waals surface area contributed by atoms with Gasteiger partial charge in [0.1, 0.15) is 6.04 Å². The Balaban J connectivity index is 2.10. The van der Waals surface area contributed by atoms with Crippen LogP contribution in [0, 0.1) is 0 Å². The molecule has 5 heteroatoms. The Hall–Kier alpha value is -1.10. The quantitative estimate of drug-likeness (QED) is 0.771. The molecule has 2 fully saturated rings. The van der Waals surface area contributed by atoms with E-state index in [1.165, 1.54) is 0 Å². The molecule has 0 spiro atoms. The van der Waals surface area contributed by atoms with Gasteiger partial charge in [-0.1, -0.05) is 6.92 Å². The third-order valence-electron chi connectivity index (χ3n) is 3.81. The molecule has 0 bridgehead atoms. The molecule has 2 amide bonds. The molecule has 1 saturated carbocycles. The van der Waals surface area contributed by atoms with E-state index in [2.05, 4.69) is 5.32 Å². The first-order valence-corrected chi connectivity index (χ1v) is 6.29. The lowest BCUT2D eigenvalue weighted by molar-refractivity contribution is -0.148. The molecule has 0 aromatic rings. The largest absolute Gasteiger partial charge is 0.381 e. The van der Waals surface area contributed by atoms with E-state index in [9.17, 15) is 9.59 Å². The van der Waals surface area contributed by atoms with Gasteiger partial charge in [0.25, 0.3) is 0 Å². The second-order valence-corrected chi connectivity index (χ2v) is 4.77. The van der Waals surface area contributed by atoms with Gasteiger partial charge in [-0.15, -0.1) is 0 Å². The minimum Gasteiger partial charge on any atom is -0.381 e. The fraction of sp³-hybridized carbons (Fsp3) is 0.833. The summed E-state index contributed by atoms with van der Waals surface area (Å²) < 4.78 is 5.32. The topological polar surface area (TPSA) is 58.6 Å². The second-order valence-electron chi connectivity index (χ2n) is 4.77. The number of methoxy groups -OCH3 is 1. The number of ether oxygens (including phenoxy) is 1. The summed E-state index contributed by atoms with van der Waals surface area (Å²) in [7, 11) is 1.70. The number of rotatable bonds is 3. The van der Waals surface area contributed by atoms with E-state index in [1.807, 2.05) is 6.92 Å². The van der Waals surface area contributed by atoms with Crippen LogP contribution >= 0.6 is 0 Å². The fourth-order valence-corrected chi connectivity index (χ4v) is 2.90. The maximum absolute atomic E-state index is 12.0. The Kier molecular flexibility index (Phi) is 3.66. The molecular formula is C12H20N2O3. The highest BCUT2D eigenvalue weighted by atomic mass is 16.5. The van der Waals surface area contributed by atoms with Gasteiger partial charge >= 0.3 is 0 Å². The zero-order valence-electron chi connectivity index (χ0n) is 10.4. The Morgan fingerprint density at radius 1 is 1.41 bits per heavy atom. The number of carbonyl (C=O) groups excluding carboxylic acids is 2. The van der Waals surface area contributed by atoms with Gasteiger partial charge in [-0.05, 0) is 25.7 Å². The number of piperazine rings is 1. The van der Waals surface area contributed by atoms with Crippen molar-refractivity contribution >= 4 is 11.8 Å². The Morgan fingerprint density at radius 2 is 2.18 bits per heavy atom. The van der Waals surface area contributed by atoms with E-state index in [0.717, 1.165) is 19.3 Å². The lowest BCUT2D eigenvalue weighted by Gasteiger charge is -2.38. The van der Waals surface area contributed by atoms with E-state index in [4.69, 9.17) is 4.74 Å². The van der Waals surface area contributed by atoms with Gasteiger partial charge in [0.05, 0.1) is 12.6 Å². The number of hydrogen-bond donors (Lipinski definition) is 1. The van der Waals surface area contributed by atoms with Crippen LogP contribution in [0.2, 0.25) is 0 Å². The normalized spacial score (nSPS) is 34.0. The standard InChI is InChI=1S/C12H20N2O3/c1-3-10-12(16)13-7-11(15)14(10)8-4-5-9(6-8)17-2/h8-10H,3-7H2,1-2H3,(H,13,16). The average molecular weight is 240 g/mol. The molecule has 2 rings (SSSR count). The van der Waals surface area contributed by atoms with E-state index < -0.39 is 0 Å². The maximum atomic E-state index is 12.0. The molecular weight excluding hydrogens is 220 g/mol. The van der Waals surface area contributed by atoms with Crippen LogP contribution in [0.1, 0.15) is 32.6 Å². The van der Waals surface area contributed by atoms with Gasteiger partial charge in [-0.25, -0.2) is 0 Å². The molecule has 1 aliphatic heterocycles. The lowest BCUT2D eigenvalue weighted by Crippen LogP contribution is -2.60. The van der Waals surface area contributed by atoms with E-state index in [0.29, 0.717) is 6.42 Å². The predicted molar refractivity (Wildman–Crippen MR) is 62.4 cm³/mol. The summed E-state index contributed by atoms with van der Waals surface area (Å²) in [4.78, 5) is 25.5. The third-order valence-corrected chi connectivity index (χ3v) is 3.81. The third kappa shape index (κ3) is 2.29. The zero-order valence-corrected chi connectivity index (χ0v) is 10.4. The summed E-state index contributed by atoms with van der Waals surface area (Å²) in [6.07, 6.45) is 3.67. The van der Waals surface area contributed by atoms with Crippen molar-refractivity contribution < 1.29 is 14.3 Å². The molecule has 1 aliphatic carbocycles. The molecule has 0 aromatic carbocycles. The highest BCUT2D eigenvalue weighted by molar-refractivity contribution is 5.95. The van der Waals surface area contributed by atoms with Crippen LogP contribution in [0.15, 0.2) is 0 Å². The molecule has 1 N–H and O–H groups in total. The number of amides is 2. The van der Waals surface area contributed by atoms with Gasteiger partial charge in [0.15, 0.2) is 0 Å². The van der Waals surface area contributed by atoms with Crippen LogP contribution < -0.4 is 5.32 Å². The first-order chi connectivity index (χ1) is 8.17. The van der Waals surface area contributed by atoms with Gasteiger partial charge in [-0.2, -0.15) is 0 Å². The fourth-order valence-electron chi connectivity index (χ4n) is 2.90. The highest BCUT2D eigenvalue weighted by Crippen LogP contribution is 2.29. The molecule has 5 nitrogen and oxygen atoms in total. The first kappa shape index (κ1) is 12.4. The number of hydrogen-bond acceptors (Lipinski definition) is 3. The molecule has 0 aromatic heterocycles. The Bertz CT molecular complexity index is 319. The number of nitrogens with zero attached hydrogens (tertiary/aromatic N) is 1. The highest BCUT2D eigenvalue weighted by Gasteiger charge is 2.40. The minimum atomic E-state index is -0.295. The summed E-state index contributed by atoms with van der Waals surface area (Å²) in [5.74, 6) is 0.0196. The minimum absolute atomic E-state index is 0.0204. The van der Waals surface area contributed by atoms with Gasteiger partial charge in [0, 0.05) is 13.2 Å². The molecule has 17 heavy (non-hydrogen) atoms. The van der Waals surface area contributed by atoms with E-state index in [-0.39, 0.29) is 36.5 Å². The van der Waals surface area contributed by atoms with Crippen LogP contribution in [0.25, 0.3) is 0 Å². The van der Waals surface area contributed by atoms with Crippen LogP contribution in [0.4, 0.5) is 0 Å². The number of nitrogens with one attached hydrogen (secondary N) is 1. The average Bonchev–Trinajstić information content (AvgIpc) is 2.80. The van der Waals surface area contributed by atoms with Crippen LogP contribution in [-0.2, 0) is 14.3 Å². The van der Waals surface area contributed by atoms with Crippen molar-refractivity contribution in [1.29, 1.82) is 0 Å². The Morgan fingerprint density at radius 3 is 2.76 bits per heavy atom. The summed E-state index contributed by atoms with van der Waals surface area (Å²) in [6, 6.07) is -0.125. The molecule has 1 heterocycles. The molecule has 2 aliphatic rings. The van der Waals surface area contributed by atoms with Crippen molar-refractivity contribution in [2.75, 3.05) is 13.7 Å². The van der Waals surface area contributed by atoms with Gasteiger partial charge < -0.3 is 15.0 Å². The predicted octanol–water partition coefficient (Wildman–Crippen LogP) is 0.291. The summed E-state index contributed by atoms with van der Waals surface area (Å²) in [5.41, 5.74) is 0.